The molecule has 15 heavy (non-hydrogen) atoms. The summed E-state index contributed by atoms with van der Waals surface area (Å²) in [7, 11) is 0. The van der Waals surface area contributed by atoms with E-state index in [9.17, 15) is 9.59 Å². The molecule has 1 aliphatic rings. The first-order valence-electron chi connectivity index (χ1n) is 5.56. The van der Waals surface area contributed by atoms with Crippen LogP contribution in [-0.4, -0.2) is 23.0 Å². The van der Waals surface area contributed by atoms with Crippen molar-refractivity contribution in [3.8, 4) is 0 Å². The number of amides is 1. The number of hydrogen-bond acceptors (Lipinski definition) is 2. The zero-order chi connectivity index (χ0) is 11.4. The van der Waals surface area contributed by atoms with E-state index in [1.807, 2.05) is 13.8 Å². The van der Waals surface area contributed by atoms with Crippen molar-refractivity contribution in [1.29, 1.82) is 0 Å². The second-order valence-electron chi connectivity index (χ2n) is 4.41. The van der Waals surface area contributed by atoms with Gasteiger partial charge in [-0.2, -0.15) is 0 Å². The van der Waals surface area contributed by atoms with Crippen LogP contribution in [0.25, 0.3) is 0 Å². The molecule has 1 amide bonds. The fourth-order valence-electron chi connectivity index (χ4n) is 1.78. The lowest BCUT2D eigenvalue weighted by molar-refractivity contribution is -0.137. The van der Waals surface area contributed by atoms with Gasteiger partial charge in [-0.15, -0.1) is 0 Å². The summed E-state index contributed by atoms with van der Waals surface area (Å²) in [6.45, 7) is 4.02. The highest BCUT2D eigenvalue weighted by molar-refractivity contribution is 5.82. The average molecular weight is 213 g/mol. The largest absolute Gasteiger partial charge is 0.481 e. The number of carbonyl (C=O) groups excluding carboxylic acids is 1. The molecule has 3 atom stereocenters. The van der Waals surface area contributed by atoms with Gasteiger partial charge in [-0.05, 0) is 18.8 Å². The van der Waals surface area contributed by atoms with Gasteiger partial charge in [0.15, 0.2) is 0 Å². The van der Waals surface area contributed by atoms with E-state index in [0.29, 0.717) is 5.92 Å². The van der Waals surface area contributed by atoms with E-state index in [-0.39, 0.29) is 24.3 Å². The minimum absolute atomic E-state index is 0.0285. The number of carbonyl (C=O) groups is 2. The third-order valence-electron chi connectivity index (χ3n) is 2.85. The fourth-order valence-corrected chi connectivity index (χ4v) is 1.78. The highest BCUT2D eigenvalue weighted by atomic mass is 16.4. The van der Waals surface area contributed by atoms with Gasteiger partial charge in [0.2, 0.25) is 5.91 Å². The fraction of sp³-hybridized carbons (Fsp3) is 0.818. The molecule has 4 heteroatoms. The minimum Gasteiger partial charge on any atom is -0.481 e. The first-order valence-corrected chi connectivity index (χ1v) is 5.56. The predicted octanol–water partition coefficient (Wildman–Crippen LogP) is 1.40. The Labute approximate surface area is 90.0 Å². The van der Waals surface area contributed by atoms with Crippen molar-refractivity contribution in [2.24, 2.45) is 11.8 Å². The summed E-state index contributed by atoms with van der Waals surface area (Å²) in [5.41, 5.74) is 0. The zero-order valence-corrected chi connectivity index (χ0v) is 9.32. The lowest BCUT2D eigenvalue weighted by atomic mass is 10.1. The van der Waals surface area contributed by atoms with E-state index >= 15 is 0 Å². The monoisotopic (exact) mass is 213 g/mol. The van der Waals surface area contributed by atoms with Crippen LogP contribution < -0.4 is 5.32 Å². The Balaban J connectivity index is 2.36. The van der Waals surface area contributed by atoms with Gasteiger partial charge in [0.25, 0.3) is 0 Å². The van der Waals surface area contributed by atoms with Crippen LogP contribution in [0.2, 0.25) is 0 Å². The molecule has 1 saturated carbocycles. The minimum atomic E-state index is -0.849. The van der Waals surface area contributed by atoms with Crippen LogP contribution in [-0.2, 0) is 9.59 Å². The smallest absolute Gasteiger partial charge is 0.305 e. The Morgan fingerprint density at radius 2 is 2.13 bits per heavy atom. The average Bonchev–Trinajstić information content (AvgIpc) is 2.81. The van der Waals surface area contributed by atoms with Gasteiger partial charge in [-0.25, -0.2) is 0 Å². The van der Waals surface area contributed by atoms with Crippen molar-refractivity contribution < 1.29 is 14.7 Å². The maximum absolute atomic E-state index is 11.6. The number of rotatable bonds is 6. The molecule has 1 fully saturated rings. The quantitative estimate of drug-likeness (QED) is 0.701. The maximum atomic E-state index is 11.6. The molecule has 1 aliphatic carbocycles. The van der Waals surface area contributed by atoms with E-state index in [2.05, 4.69) is 5.32 Å². The Bertz CT molecular complexity index is 252. The highest BCUT2D eigenvalue weighted by Crippen LogP contribution is 2.37. The molecule has 0 aromatic heterocycles. The van der Waals surface area contributed by atoms with E-state index in [1.165, 1.54) is 0 Å². The van der Waals surface area contributed by atoms with Crippen LogP contribution in [0.5, 0.6) is 0 Å². The van der Waals surface area contributed by atoms with Crippen molar-refractivity contribution in [3.05, 3.63) is 0 Å². The second-order valence-corrected chi connectivity index (χ2v) is 4.41. The molecule has 4 nitrogen and oxygen atoms in total. The molecule has 0 aromatic carbocycles. The van der Waals surface area contributed by atoms with E-state index < -0.39 is 5.97 Å². The molecule has 0 heterocycles. The van der Waals surface area contributed by atoms with Crippen molar-refractivity contribution in [2.75, 3.05) is 0 Å². The van der Waals surface area contributed by atoms with E-state index in [0.717, 1.165) is 19.3 Å². The number of hydrogen-bond donors (Lipinski definition) is 2. The molecule has 0 saturated heterocycles. The third kappa shape index (κ3) is 3.90. The molecular weight excluding hydrogens is 194 g/mol. The summed E-state index contributed by atoms with van der Waals surface area (Å²) in [5.74, 6) is -0.227. The van der Waals surface area contributed by atoms with Gasteiger partial charge in [0.05, 0.1) is 6.42 Å². The highest BCUT2D eigenvalue weighted by Gasteiger charge is 2.39. The molecule has 0 spiro atoms. The Morgan fingerprint density at radius 1 is 1.53 bits per heavy atom. The summed E-state index contributed by atoms with van der Waals surface area (Å²) in [5, 5.41) is 11.5. The van der Waals surface area contributed by atoms with Crippen molar-refractivity contribution >= 4 is 11.9 Å². The van der Waals surface area contributed by atoms with Gasteiger partial charge in [-0.3, -0.25) is 9.59 Å². The van der Waals surface area contributed by atoms with Gasteiger partial charge in [0, 0.05) is 12.0 Å². The number of aliphatic carboxylic acids is 1. The molecule has 2 N–H and O–H groups in total. The molecule has 0 aliphatic heterocycles. The third-order valence-corrected chi connectivity index (χ3v) is 2.85. The first-order chi connectivity index (χ1) is 7.04. The topological polar surface area (TPSA) is 66.4 Å². The van der Waals surface area contributed by atoms with Crippen molar-refractivity contribution in [3.63, 3.8) is 0 Å². The van der Waals surface area contributed by atoms with E-state index in [1.54, 1.807) is 0 Å². The summed E-state index contributed by atoms with van der Waals surface area (Å²) >= 11 is 0. The molecule has 3 unspecified atom stereocenters. The SMILES string of the molecule is CCCC(CC(=O)O)NC(=O)C1CC1C. The maximum Gasteiger partial charge on any atom is 0.305 e. The lowest BCUT2D eigenvalue weighted by Gasteiger charge is -2.15. The van der Waals surface area contributed by atoms with Crippen molar-refractivity contribution in [2.45, 2.75) is 45.6 Å². The van der Waals surface area contributed by atoms with Crippen molar-refractivity contribution in [1.82, 2.24) is 5.32 Å². The second kappa shape index (κ2) is 5.14. The Morgan fingerprint density at radius 3 is 2.53 bits per heavy atom. The molecule has 1 rings (SSSR count). The van der Waals surface area contributed by atoms with Gasteiger partial charge >= 0.3 is 5.97 Å². The normalized spacial score (nSPS) is 25.7. The summed E-state index contributed by atoms with van der Waals surface area (Å²) in [6, 6.07) is -0.201. The molecular formula is C11H19NO3. The number of carboxylic acids is 1. The number of carboxylic acid groups (broad SMARTS) is 1. The molecule has 0 aromatic rings. The Hall–Kier alpha value is -1.06. The van der Waals surface area contributed by atoms with Crippen LogP contribution in [0.4, 0.5) is 0 Å². The van der Waals surface area contributed by atoms with Crippen LogP contribution in [0, 0.1) is 11.8 Å². The van der Waals surface area contributed by atoms with Gasteiger partial charge in [-0.1, -0.05) is 20.3 Å². The summed E-state index contributed by atoms with van der Waals surface area (Å²) in [6.07, 6.45) is 2.59. The Kier molecular flexibility index (Phi) is 4.12. The van der Waals surface area contributed by atoms with Crippen LogP contribution >= 0.6 is 0 Å². The van der Waals surface area contributed by atoms with E-state index in [4.69, 9.17) is 5.11 Å². The number of nitrogens with one attached hydrogen (secondary N) is 1. The summed E-state index contributed by atoms with van der Waals surface area (Å²) in [4.78, 5) is 22.1. The standard InChI is InChI=1S/C11H19NO3/c1-3-4-8(6-10(13)14)12-11(15)9-5-7(9)2/h7-9H,3-6H2,1-2H3,(H,12,15)(H,13,14). The predicted molar refractivity (Wildman–Crippen MR) is 56.4 cm³/mol. The van der Waals surface area contributed by atoms with Crippen LogP contribution in [0.1, 0.15) is 39.5 Å². The van der Waals surface area contributed by atoms with Crippen LogP contribution in [0.15, 0.2) is 0 Å². The lowest BCUT2D eigenvalue weighted by Crippen LogP contribution is -2.37. The first kappa shape index (κ1) is 12.0. The molecule has 0 bridgehead atoms. The van der Waals surface area contributed by atoms with Gasteiger partial charge < -0.3 is 10.4 Å². The van der Waals surface area contributed by atoms with Crippen LogP contribution in [0.3, 0.4) is 0 Å². The summed E-state index contributed by atoms with van der Waals surface area (Å²) < 4.78 is 0. The molecule has 0 radical (unpaired) electrons. The molecule has 86 valence electrons. The zero-order valence-electron chi connectivity index (χ0n) is 9.32. The van der Waals surface area contributed by atoms with Gasteiger partial charge in [0.1, 0.15) is 0 Å².